The number of Topliss-reactive ketones (excluding diaryl/α,β-unsaturated/α-hetero) is 1. The quantitative estimate of drug-likeness (QED) is 0.615. The summed E-state index contributed by atoms with van der Waals surface area (Å²) in [5.74, 6) is -0.707. The van der Waals surface area contributed by atoms with Crippen molar-refractivity contribution in [2.75, 3.05) is 7.11 Å². The van der Waals surface area contributed by atoms with Crippen molar-refractivity contribution in [3.63, 3.8) is 0 Å². The Kier molecular flexibility index (Phi) is 5.52. The summed E-state index contributed by atoms with van der Waals surface area (Å²) in [6.07, 6.45) is 1.96. The molecule has 0 aliphatic rings. The Bertz CT molecular complexity index is 412. The Labute approximate surface area is 107 Å². The molecule has 0 heterocycles. The van der Waals surface area contributed by atoms with E-state index in [4.69, 9.17) is 5.73 Å². The van der Waals surface area contributed by atoms with Crippen LogP contribution in [0.4, 0.5) is 0 Å². The number of hydrogen-bond acceptors (Lipinski definition) is 4. The number of carbonyl (C=O) groups excluding carboxylic acids is 2. The molecule has 1 aromatic carbocycles. The predicted molar refractivity (Wildman–Crippen MR) is 69.4 cm³/mol. The summed E-state index contributed by atoms with van der Waals surface area (Å²) >= 11 is 0. The summed E-state index contributed by atoms with van der Waals surface area (Å²) in [5, 5.41) is 0. The van der Waals surface area contributed by atoms with Crippen molar-refractivity contribution >= 4 is 11.8 Å². The van der Waals surface area contributed by atoms with Crippen LogP contribution in [0.2, 0.25) is 0 Å². The monoisotopic (exact) mass is 249 g/mol. The van der Waals surface area contributed by atoms with Gasteiger partial charge >= 0.3 is 5.97 Å². The van der Waals surface area contributed by atoms with E-state index in [-0.39, 0.29) is 12.2 Å². The lowest BCUT2D eigenvalue weighted by molar-refractivity contribution is -0.140. The van der Waals surface area contributed by atoms with Crippen LogP contribution in [0.15, 0.2) is 24.3 Å². The van der Waals surface area contributed by atoms with Crippen molar-refractivity contribution in [1.82, 2.24) is 0 Å². The molecule has 0 amide bonds. The molecule has 18 heavy (non-hydrogen) atoms. The number of nitrogens with two attached hydrogens (primary N) is 1. The molecule has 4 heteroatoms. The molecule has 0 bridgehead atoms. The number of esters is 1. The summed E-state index contributed by atoms with van der Waals surface area (Å²) in [7, 11) is 1.28. The van der Waals surface area contributed by atoms with E-state index < -0.39 is 12.0 Å². The Morgan fingerprint density at radius 3 is 2.39 bits per heavy atom. The lowest BCUT2D eigenvalue weighted by Crippen LogP contribution is -2.33. The average Bonchev–Trinajstić information content (AvgIpc) is 2.39. The third kappa shape index (κ3) is 3.96. The Hall–Kier alpha value is -1.68. The van der Waals surface area contributed by atoms with E-state index in [9.17, 15) is 9.59 Å². The van der Waals surface area contributed by atoms with E-state index in [2.05, 4.69) is 11.7 Å². The van der Waals surface area contributed by atoms with Crippen molar-refractivity contribution < 1.29 is 14.3 Å². The second-order valence-corrected chi connectivity index (χ2v) is 4.20. The van der Waals surface area contributed by atoms with Crippen LogP contribution in [-0.2, 0) is 16.0 Å². The molecular formula is C14H19NO3. The van der Waals surface area contributed by atoms with Gasteiger partial charge in [0.2, 0.25) is 0 Å². The number of benzene rings is 1. The maximum atomic E-state index is 11.9. The van der Waals surface area contributed by atoms with Gasteiger partial charge in [0.05, 0.1) is 19.6 Å². The third-order valence-corrected chi connectivity index (χ3v) is 2.73. The SMILES string of the molecule is CCCc1ccc(C(=O)C(N)CC(=O)OC)cc1. The fourth-order valence-electron chi connectivity index (χ4n) is 1.69. The minimum absolute atomic E-state index is 0.0912. The van der Waals surface area contributed by atoms with E-state index in [0.29, 0.717) is 5.56 Å². The highest BCUT2D eigenvalue weighted by Gasteiger charge is 2.19. The molecule has 0 radical (unpaired) electrons. The topological polar surface area (TPSA) is 69.4 Å². The van der Waals surface area contributed by atoms with E-state index >= 15 is 0 Å². The van der Waals surface area contributed by atoms with Gasteiger partial charge in [0.25, 0.3) is 0 Å². The molecule has 0 aliphatic heterocycles. The molecule has 0 spiro atoms. The van der Waals surface area contributed by atoms with E-state index in [1.54, 1.807) is 12.1 Å². The van der Waals surface area contributed by atoms with Crippen molar-refractivity contribution in [3.8, 4) is 0 Å². The van der Waals surface area contributed by atoms with Crippen LogP contribution in [0.3, 0.4) is 0 Å². The fraction of sp³-hybridized carbons (Fsp3) is 0.429. The number of rotatable bonds is 6. The number of hydrogen-bond donors (Lipinski definition) is 1. The summed E-state index contributed by atoms with van der Waals surface area (Å²) in [6.45, 7) is 2.10. The van der Waals surface area contributed by atoms with E-state index in [0.717, 1.165) is 12.8 Å². The van der Waals surface area contributed by atoms with Crippen molar-refractivity contribution in [2.45, 2.75) is 32.2 Å². The zero-order valence-corrected chi connectivity index (χ0v) is 10.8. The first-order valence-corrected chi connectivity index (χ1v) is 6.04. The standard InChI is InChI=1S/C14H19NO3/c1-3-4-10-5-7-11(8-6-10)14(17)12(15)9-13(16)18-2/h5-8,12H,3-4,9,15H2,1-2H3. The average molecular weight is 249 g/mol. The molecule has 98 valence electrons. The molecule has 0 saturated carbocycles. The summed E-state index contributed by atoms with van der Waals surface area (Å²) in [6, 6.07) is 6.51. The summed E-state index contributed by atoms with van der Waals surface area (Å²) in [5.41, 5.74) is 7.40. The lowest BCUT2D eigenvalue weighted by atomic mass is 10.00. The zero-order chi connectivity index (χ0) is 13.5. The Morgan fingerprint density at radius 2 is 1.89 bits per heavy atom. The van der Waals surface area contributed by atoms with Crippen LogP contribution in [-0.4, -0.2) is 24.9 Å². The predicted octanol–water partition coefficient (Wildman–Crippen LogP) is 1.71. The Morgan fingerprint density at radius 1 is 1.28 bits per heavy atom. The highest BCUT2D eigenvalue weighted by Crippen LogP contribution is 2.09. The normalized spacial score (nSPS) is 11.9. The van der Waals surface area contributed by atoms with Gasteiger partial charge in [0, 0.05) is 5.56 Å². The number of ketones is 1. The third-order valence-electron chi connectivity index (χ3n) is 2.73. The first-order chi connectivity index (χ1) is 8.58. The van der Waals surface area contributed by atoms with Gasteiger partial charge < -0.3 is 10.5 Å². The van der Waals surface area contributed by atoms with Crippen LogP contribution in [0, 0.1) is 0 Å². The van der Waals surface area contributed by atoms with Gasteiger partial charge in [-0.05, 0) is 12.0 Å². The van der Waals surface area contributed by atoms with Crippen LogP contribution in [0.5, 0.6) is 0 Å². The van der Waals surface area contributed by atoms with E-state index in [1.807, 2.05) is 12.1 Å². The van der Waals surface area contributed by atoms with Crippen LogP contribution >= 0.6 is 0 Å². The van der Waals surface area contributed by atoms with Gasteiger partial charge in [-0.25, -0.2) is 0 Å². The summed E-state index contributed by atoms with van der Waals surface area (Å²) in [4.78, 5) is 23.0. The fourth-order valence-corrected chi connectivity index (χ4v) is 1.69. The maximum Gasteiger partial charge on any atom is 0.307 e. The maximum absolute atomic E-state index is 11.9. The number of aryl methyl sites for hydroxylation is 1. The molecule has 2 N–H and O–H groups in total. The molecule has 4 nitrogen and oxygen atoms in total. The molecular weight excluding hydrogens is 230 g/mol. The number of ether oxygens (including phenoxy) is 1. The molecule has 0 fully saturated rings. The van der Waals surface area contributed by atoms with Crippen LogP contribution < -0.4 is 5.73 Å². The molecule has 1 unspecified atom stereocenters. The van der Waals surface area contributed by atoms with Gasteiger partial charge in [-0.15, -0.1) is 0 Å². The van der Waals surface area contributed by atoms with E-state index in [1.165, 1.54) is 12.7 Å². The van der Waals surface area contributed by atoms with Crippen molar-refractivity contribution in [2.24, 2.45) is 5.73 Å². The van der Waals surface area contributed by atoms with Gasteiger partial charge in [0.1, 0.15) is 0 Å². The van der Waals surface area contributed by atoms with Gasteiger partial charge in [-0.3, -0.25) is 9.59 Å². The smallest absolute Gasteiger partial charge is 0.307 e. The molecule has 1 rings (SSSR count). The molecule has 1 aromatic rings. The Balaban J connectivity index is 2.68. The zero-order valence-electron chi connectivity index (χ0n) is 10.8. The van der Waals surface area contributed by atoms with Crippen LogP contribution in [0.25, 0.3) is 0 Å². The van der Waals surface area contributed by atoms with Gasteiger partial charge in [-0.2, -0.15) is 0 Å². The largest absolute Gasteiger partial charge is 0.469 e. The van der Waals surface area contributed by atoms with Crippen LogP contribution in [0.1, 0.15) is 35.7 Å². The minimum Gasteiger partial charge on any atom is -0.469 e. The molecule has 0 aromatic heterocycles. The minimum atomic E-state index is -0.838. The first kappa shape index (κ1) is 14.4. The van der Waals surface area contributed by atoms with Gasteiger partial charge in [-0.1, -0.05) is 37.6 Å². The summed E-state index contributed by atoms with van der Waals surface area (Å²) < 4.78 is 4.49. The van der Waals surface area contributed by atoms with Crippen molar-refractivity contribution in [3.05, 3.63) is 35.4 Å². The van der Waals surface area contributed by atoms with Crippen molar-refractivity contribution in [1.29, 1.82) is 0 Å². The first-order valence-electron chi connectivity index (χ1n) is 6.04. The number of carbonyl (C=O) groups is 2. The second kappa shape index (κ2) is 6.91. The number of methoxy groups -OCH3 is 1. The molecule has 0 saturated heterocycles. The lowest BCUT2D eigenvalue weighted by Gasteiger charge is -2.09. The second-order valence-electron chi connectivity index (χ2n) is 4.20. The van der Waals surface area contributed by atoms with Gasteiger partial charge in [0.15, 0.2) is 5.78 Å². The highest BCUT2D eigenvalue weighted by atomic mass is 16.5. The highest BCUT2D eigenvalue weighted by molar-refractivity contribution is 6.01. The molecule has 1 atom stereocenters. The molecule has 0 aliphatic carbocycles.